The van der Waals surface area contributed by atoms with Crippen molar-refractivity contribution < 1.29 is 24.5 Å². The first-order valence-electron chi connectivity index (χ1n) is 9.47. The summed E-state index contributed by atoms with van der Waals surface area (Å²) in [6.45, 7) is 8.81. The van der Waals surface area contributed by atoms with E-state index in [0.29, 0.717) is 0 Å². The molecule has 0 aliphatic carbocycles. The van der Waals surface area contributed by atoms with E-state index in [1.807, 2.05) is 6.07 Å². The summed E-state index contributed by atoms with van der Waals surface area (Å²) < 4.78 is 5.31. The molecule has 0 spiro atoms. The van der Waals surface area contributed by atoms with Gasteiger partial charge >= 0.3 is 11.9 Å². The van der Waals surface area contributed by atoms with Gasteiger partial charge in [-0.2, -0.15) is 0 Å². The lowest BCUT2D eigenvalue weighted by Crippen LogP contribution is -2.45. The first-order valence-corrected chi connectivity index (χ1v) is 9.47. The third-order valence-electron chi connectivity index (χ3n) is 4.84. The number of carboxylic acids is 2. The maximum atomic E-state index is 9.10. The van der Waals surface area contributed by atoms with Gasteiger partial charge in [0, 0.05) is 39.3 Å². The molecule has 7 nitrogen and oxygen atoms in total. The summed E-state index contributed by atoms with van der Waals surface area (Å²) in [6, 6.07) is 17.1. The molecule has 1 saturated heterocycles. The van der Waals surface area contributed by atoms with Crippen molar-refractivity contribution in [2.45, 2.75) is 20.0 Å². The van der Waals surface area contributed by atoms with Crippen LogP contribution in [0.1, 0.15) is 16.7 Å². The van der Waals surface area contributed by atoms with Crippen LogP contribution in [0, 0.1) is 6.92 Å². The van der Waals surface area contributed by atoms with Crippen molar-refractivity contribution in [1.82, 2.24) is 9.80 Å². The van der Waals surface area contributed by atoms with Gasteiger partial charge in [-0.25, -0.2) is 9.59 Å². The number of benzene rings is 2. The standard InChI is InChI=1S/C20H26N2O.C2H2O4/c1-17-6-3-4-8-19(17)16-22-12-10-21(11-13-22)15-18-7-5-9-20(14-18)23-2;3-1(4)2(5)6/h3-9,14H,10-13,15-16H2,1-2H3;(H,3,4)(H,5,6). The van der Waals surface area contributed by atoms with E-state index in [9.17, 15) is 0 Å². The molecule has 0 radical (unpaired) electrons. The number of nitrogens with zero attached hydrogens (tertiary/aromatic N) is 2. The Kier molecular flexibility index (Phi) is 8.64. The van der Waals surface area contributed by atoms with Crippen LogP contribution in [-0.4, -0.2) is 65.2 Å². The minimum atomic E-state index is -1.82. The maximum Gasteiger partial charge on any atom is 0.414 e. The van der Waals surface area contributed by atoms with Crippen molar-refractivity contribution in [2.24, 2.45) is 0 Å². The van der Waals surface area contributed by atoms with E-state index < -0.39 is 11.9 Å². The zero-order valence-corrected chi connectivity index (χ0v) is 16.9. The highest BCUT2D eigenvalue weighted by Crippen LogP contribution is 2.16. The molecule has 0 amide bonds. The van der Waals surface area contributed by atoms with E-state index in [-0.39, 0.29) is 0 Å². The lowest BCUT2D eigenvalue weighted by atomic mass is 10.1. The molecule has 7 heteroatoms. The molecule has 1 heterocycles. The predicted molar refractivity (Wildman–Crippen MR) is 110 cm³/mol. The number of carbonyl (C=O) groups is 2. The summed E-state index contributed by atoms with van der Waals surface area (Å²) in [5, 5.41) is 14.8. The van der Waals surface area contributed by atoms with Crippen LogP contribution in [0.25, 0.3) is 0 Å². The predicted octanol–water partition coefficient (Wildman–Crippen LogP) is 2.48. The second-order valence-corrected chi connectivity index (χ2v) is 6.94. The molecule has 1 aliphatic rings. The van der Waals surface area contributed by atoms with Crippen LogP contribution in [0.3, 0.4) is 0 Å². The van der Waals surface area contributed by atoms with E-state index >= 15 is 0 Å². The lowest BCUT2D eigenvalue weighted by molar-refractivity contribution is -0.159. The number of rotatable bonds is 5. The first-order chi connectivity index (χ1) is 13.9. The van der Waals surface area contributed by atoms with Crippen LogP contribution in [-0.2, 0) is 22.7 Å². The van der Waals surface area contributed by atoms with E-state index in [1.165, 1.54) is 16.7 Å². The summed E-state index contributed by atoms with van der Waals surface area (Å²) in [5.74, 6) is -2.70. The SMILES string of the molecule is COc1cccc(CN2CCN(Cc3ccccc3C)CC2)c1.O=C(O)C(=O)O. The molecule has 0 aromatic heterocycles. The Labute approximate surface area is 171 Å². The minimum Gasteiger partial charge on any atom is -0.497 e. The fourth-order valence-corrected chi connectivity index (χ4v) is 3.16. The Hall–Kier alpha value is -2.90. The number of ether oxygens (including phenoxy) is 1. The molecule has 0 bridgehead atoms. The molecule has 1 fully saturated rings. The Morgan fingerprint density at radius 2 is 1.48 bits per heavy atom. The topological polar surface area (TPSA) is 90.3 Å². The van der Waals surface area contributed by atoms with Crippen LogP contribution in [0.2, 0.25) is 0 Å². The largest absolute Gasteiger partial charge is 0.497 e. The number of aryl methyl sites for hydroxylation is 1. The summed E-state index contributed by atoms with van der Waals surface area (Å²) in [6.07, 6.45) is 0. The Bertz CT molecular complexity index is 804. The maximum absolute atomic E-state index is 9.10. The molecule has 0 atom stereocenters. The van der Waals surface area contributed by atoms with Crippen LogP contribution in [0.5, 0.6) is 5.75 Å². The van der Waals surface area contributed by atoms with Gasteiger partial charge in [-0.15, -0.1) is 0 Å². The summed E-state index contributed by atoms with van der Waals surface area (Å²) in [5.41, 5.74) is 4.18. The van der Waals surface area contributed by atoms with Gasteiger partial charge in [-0.3, -0.25) is 9.80 Å². The van der Waals surface area contributed by atoms with E-state index in [0.717, 1.165) is 45.0 Å². The average Bonchev–Trinajstić information content (AvgIpc) is 2.72. The highest BCUT2D eigenvalue weighted by molar-refractivity contribution is 6.27. The molecule has 1 aliphatic heterocycles. The third kappa shape index (κ3) is 7.56. The zero-order chi connectivity index (χ0) is 21.2. The van der Waals surface area contributed by atoms with Crippen molar-refractivity contribution in [3.8, 4) is 5.75 Å². The van der Waals surface area contributed by atoms with Gasteiger partial charge in [-0.1, -0.05) is 36.4 Å². The second kappa shape index (κ2) is 11.2. The van der Waals surface area contributed by atoms with Gasteiger partial charge in [0.2, 0.25) is 0 Å². The van der Waals surface area contributed by atoms with Crippen LogP contribution in [0.4, 0.5) is 0 Å². The number of hydrogen-bond donors (Lipinski definition) is 2. The van der Waals surface area contributed by atoms with Gasteiger partial charge in [0.1, 0.15) is 5.75 Å². The Morgan fingerprint density at radius 1 is 0.897 bits per heavy atom. The quantitative estimate of drug-likeness (QED) is 0.745. The Morgan fingerprint density at radius 3 is 2.03 bits per heavy atom. The lowest BCUT2D eigenvalue weighted by Gasteiger charge is -2.35. The number of methoxy groups -OCH3 is 1. The molecule has 0 unspecified atom stereocenters. The fourth-order valence-electron chi connectivity index (χ4n) is 3.16. The van der Waals surface area contributed by atoms with Gasteiger partial charge in [0.25, 0.3) is 0 Å². The number of piperazine rings is 1. The molecule has 3 rings (SSSR count). The van der Waals surface area contributed by atoms with E-state index in [4.69, 9.17) is 24.5 Å². The minimum absolute atomic E-state index is 0.945. The first kappa shape index (κ1) is 22.4. The molecule has 2 N–H and O–H groups in total. The van der Waals surface area contributed by atoms with Gasteiger partial charge in [-0.05, 0) is 35.7 Å². The highest BCUT2D eigenvalue weighted by Gasteiger charge is 2.17. The molecule has 2 aromatic carbocycles. The molecule has 0 saturated carbocycles. The van der Waals surface area contributed by atoms with Gasteiger partial charge in [0.15, 0.2) is 0 Å². The van der Waals surface area contributed by atoms with Crippen molar-refractivity contribution in [1.29, 1.82) is 0 Å². The van der Waals surface area contributed by atoms with Crippen molar-refractivity contribution in [3.63, 3.8) is 0 Å². The van der Waals surface area contributed by atoms with Gasteiger partial charge in [0.05, 0.1) is 7.11 Å². The number of hydrogen-bond acceptors (Lipinski definition) is 5. The summed E-state index contributed by atoms with van der Waals surface area (Å²) in [4.78, 5) is 23.3. The third-order valence-corrected chi connectivity index (χ3v) is 4.84. The molecular weight excluding hydrogens is 372 g/mol. The highest BCUT2D eigenvalue weighted by atomic mass is 16.5. The summed E-state index contributed by atoms with van der Waals surface area (Å²) >= 11 is 0. The smallest absolute Gasteiger partial charge is 0.414 e. The fraction of sp³-hybridized carbons (Fsp3) is 0.364. The average molecular weight is 400 g/mol. The zero-order valence-electron chi connectivity index (χ0n) is 16.9. The number of carboxylic acid groups (broad SMARTS) is 2. The number of aliphatic carboxylic acids is 2. The molecule has 156 valence electrons. The van der Waals surface area contributed by atoms with Crippen molar-refractivity contribution >= 4 is 11.9 Å². The van der Waals surface area contributed by atoms with Crippen LogP contribution < -0.4 is 4.74 Å². The van der Waals surface area contributed by atoms with Crippen LogP contribution >= 0.6 is 0 Å². The Balaban J connectivity index is 0.000000438. The molecule has 2 aromatic rings. The van der Waals surface area contributed by atoms with Crippen molar-refractivity contribution in [2.75, 3.05) is 33.3 Å². The monoisotopic (exact) mass is 400 g/mol. The van der Waals surface area contributed by atoms with E-state index in [1.54, 1.807) is 7.11 Å². The van der Waals surface area contributed by atoms with Crippen LogP contribution in [0.15, 0.2) is 48.5 Å². The summed E-state index contributed by atoms with van der Waals surface area (Å²) in [7, 11) is 1.73. The molecule has 29 heavy (non-hydrogen) atoms. The van der Waals surface area contributed by atoms with Crippen molar-refractivity contribution in [3.05, 3.63) is 65.2 Å². The normalized spacial score (nSPS) is 14.6. The van der Waals surface area contributed by atoms with Gasteiger partial charge < -0.3 is 14.9 Å². The molecular formula is C22H28N2O5. The van der Waals surface area contributed by atoms with E-state index in [2.05, 4.69) is 59.2 Å². The second-order valence-electron chi connectivity index (χ2n) is 6.94.